The van der Waals surface area contributed by atoms with Crippen LogP contribution in [0.5, 0.6) is 0 Å². The van der Waals surface area contributed by atoms with E-state index in [0.29, 0.717) is 22.9 Å². The molecule has 1 saturated heterocycles. The van der Waals surface area contributed by atoms with Crippen LogP contribution in [-0.4, -0.2) is 28.5 Å². The van der Waals surface area contributed by atoms with E-state index in [9.17, 15) is 9.59 Å². The van der Waals surface area contributed by atoms with Gasteiger partial charge in [0.15, 0.2) is 0 Å². The van der Waals surface area contributed by atoms with Crippen molar-refractivity contribution in [1.82, 2.24) is 10.2 Å². The summed E-state index contributed by atoms with van der Waals surface area (Å²) in [7, 11) is 0. The van der Waals surface area contributed by atoms with Crippen molar-refractivity contribution in [2.75, 3.05) is 5.75 Å². The Balaban J connectivity index is 1.40. The smallest absolute Gasteiger partial charge is 0.251 e. The molecule has 1 atom stereocenters. The molecule has 0 aromatic heterocycles. The first-order valence-electron chi connectivity index (χ1n) is 11.2. The summed E-state index contributed by atoms with van der Waals surface area (Å²) >= 11 is 7.61. The van der Waals surface area contributed by atoms with Gasteiger partial charge in [0.25, 0.3) is 5.91 Å². The van der Waals surface area contributed by atoms with Gasteiger partial charge in [-0.25, -0.2) is 0 Å². The Morgan fingerprint density at radius 2 is 1.61 bits per heavy atom. The Morgan fingerprint density at radius 1 is 0.968 bits per heavy atom. The summed E-state index contributed by atoms with van der Waals surface area (Å²) < 4.78 is 0. The van der Waals surface area contributed by atoms with E-state index >= 15 is 0 Å². The van der Waals surface area contributed by atoms with Crippen LogP contribution in [0.4, 0.5) is 0 Å². The number of halogens is 1. The fraction of sp³-hybridized carbons (Fsp3) is 0.440. The van der Waals surface area contributed by atoms with E-state index in [2.05, 4.69) is 5.32 Å². The Kier molecular flexibility index (Phi) is 7.57. The molecule has 1 heterocycles. The van der Waals surface area contributed by atoms with Gasteiger partial charge < -0.3 is 10.2 Å². The average Bonchev–Trinajstić information content (AvgIpc) is 3.12. The molecule has 1 aliphatic heterocycles. The van der Waals surface area contributed by atoms with Gasteiger partial charge in [0.1, 0.15) is 5.37 Å². The summed E-state index contributed by atoms with van der Waals surface area (Å²) in [5.41, 5.74) is 2.79. The molecule has 0 radical (unpaired) electrons. The molecule has 1 aliphatic carbocycles. The van der Waals surface area contributed by atoms with Crippen LogP contribution >= 0.6 is 23.4 Å². The van der Waals surface area contributed by atoms with E-state index in [-0.39, 0.29) is 23.2 Å². The van der Waals surface area contributed by atoms with E-state index < -0.39 is 0 Å². The maximum absolute atomic E-state index is 12.7. The van der Waals surface area contributed by atoms with Gasteiger partial charge in [0.05, 0.1) is 5.75 Å². The Labute approximate surface area is 193 Å². The lowest BCUT2D eigenvalue weighted by Crippen LogP contribution is -2.35. The topological polar surface area (TPSA) is 49.4 Å². The molecule has 1 saturated carbocycles. The van der Waals surface area contributed by atoms with Gasteiger partial charge in [-0.2, -0.15) is 0 Å². The van der Waals surface area contributed by atoms with E-state index in [1.807, 2.05) is 53.4 Å². The molecular formula is C25H29ClN2O2S. The second-order valence-corrected chi connectivity index (χ2v) is 9.95. The normalized spacial score (nSPS) is 20.4. The molecule has 164 valence electrons. The van der Waals surface area contributed by atoms with Crippen LogP contribution in [-0.2, 0) is 11.3 Å². The molecule has 2 aromatic carbocycles. The molecular weight excluding hydrogens is 428 g/mol. The largest absolute Gasteiger partial charge is 0.349 e. The number of hydrogen-bond donors (Lipinski definition) is 1. The van der Waals surface area contributed by atoms with Crippen molar-refractivity contribution in [3.8, 4) is 0 Å². The number of rotatable bonds is 5. The predicted octanol–water partition coefficient (Wildman–Crippen LogP) is 5.96. The molecule has 1 N–H and O–H groups in total. The first kappa shape index (κ1) is 22.2. The third-order valence-electron chi connectivity index (χ3n) is 6.13. The van der Waals surface area contributed by atoms with Gasteiger partial charge in [-0.3, -0.25) is 9.59 Å². The second-order valence-electron chi connectivity index (χ2n) is 8.45. The summed E-state index contributed by atoms with van der Waals surface area (Å²) in [6.07, 6.45) is 8.39. The molecule has 2 aromatic rings. The number of benzene rings is 2. The first-order chi connectivity index (χ1) is 15.1. The van der Waals surface area contributed by atoms with Crippen molar-refractivity contribution in [3.63, 3.8) is 0 Å². The van der Waals surface area contributed by atoms with Crippen LogP contribution < -0.4 is 5.32 Å². The molecule has 6 heteroatoms. The van der Waals surface area contributed by atoms with Crippen LogP contribution in [0.25, 0.3) is 0 Å². The van der Waals surface area contributed by atoms with Crippen molar-refractivity contribution in [3.05, 3.63) is 70.2 Å². The highest BCUT2D eigenvalue weighted by Gasteiger charge is 2.32. The molecule has 4 rings (SSSR count). The highest BCUT2D eigenvalue weighted by molar-refractivity contribution is 8.00. The van der Waals surface area contributed by atoms with Crippen molar-refractivity contribution >= 4 is 35.2 Å². The van der Waals surface area contributed by atoms with Crippen molar-refractivity contribution in [1.29, 1.82) is 0 Å². The lowest BCUT2D eigenvalue weighted by atomic mass is 9.96. The van der Waals surface area contributed by atoms with Crippen molar-refractivity contribution in [2.24, 2.45) is 0 Å². The zero-order chi connectivity index (χ0) is 21.6. The molecule has 2 fully saturated rings. The predicted molar refractivity (Wildman–Crippen MR) is 127 cm³/mol. The number of carbonyl (C=O) groups is 2. The van der Waals surface area contributed by atoms with Gasteiger partial charge in [-0.15, -0.1) is 11.8 Å². The Morgan fingerprint density at radius 3 is 2.29 bits per heavy atom. The van der Waals surface area contributed by atoms with Gasteiger partial charge in [-0.05, 0) is 48.2 Å². The van der Waals surface area contributed by atoms with Crippen LogP contribution in [0, 0.1) is 0 Å². The second kappa shape index (κ2) is 10.6. The quantitative estimate of drug-likeness (QED) is 0.604. The fourth-order valence-electron chi connectivity index (χ4n) is 4.36. The summed E-state index contributed by atoms with van der Waals surface area (Å²) in [4.78, 5) is 27.1. The molecule has 4 nitrogen and oxygen atoms in total. The number of carbonyl (C=O) groups excluding carboxylic acids is 2. The first-order valence-corrected chi connectivity index (χ1v) is 12.6. The summed E-state index contributed by atoms with van der Waals surface area (Å²) in [5, 5.41) is 3.88. The highest BCUT2D eigenvalue weighted by atomic mass is 35.5. The monoisotopic (exact) mass is 456 g/mol. The summed E-state index contributed by atoms with van der Waals surface area (Å²) in [6, 6.07) is 15.6. The molecule has 2 aliphatic rings. The summed E-state index contributed by atoms with van der Waals surface area (Å²) in [5.74, 6) is 0.615. The zero-order valence-corrected chi connectivity index (χ0v) is 19.3. The number of nitrogens with one attached hydrogen (secondary N) is 1. The van der Waals surface area contributed by atoms with Crippen molar-refractivity contribution in [2.45, 2.75) is 62.9 Å². The maximum atomic E-state index is 12.7. The third-order valence-corrected chi connectivity index (χ3v) is 7.64. The average molecular weight is 457 g/mol. The molecule has 0 unspecified atom stereocenters. The Bertz CT molecular complexity index is 893. The lowest BCUT2D eigenvalue weighted by molar-refractivity contribution is -0.128. The highest BCUT2D eigenvalue weighted by Crippen LogP contribution is 2.39. The minimum Gasteiger partial charge on any atom is -0.349 e. The number of hydrogen-bond acceptors (Lipinski definition) is 3. The van der Waals surface area contributed by atoms with E-state index in [1.165, 1.54) is 32.1 Å². The molecule has 0 spiro atoms. The fourth-order valence-corrected chi connectivity index (χ4v) is 5.67. The zero-order valence-electron chi connectivity index (χ0n) is 17.7. The van der Waals surface area contributed by atoms with E-state index in [0.717, 1.165) is 24.0 Å². The van der Waals surface area contributed by atoms with Crippen LogP contribution in [0.3, 0.4) is 0 Å². The van der Waals surface area contributed by atoms with Gasteiger partial charge in [0, 0.05) is 23.2 Å². The van der Waals surface area contributed by atoms with E-state index in [1.54, 1.807) is 11.8 Å². The van der Waals surface area contributed by atoms with Crippen LogP contribution in [0.15, 0.2) is 48.5 Å². The summed E-state index contributed by atoms with van der Waals surface area (Å²) in [6.45, 7) is 0.553. The number of nitrogens with zero attached hydrogens (tertiary/aromatic N) is 1. The minimum atomic E-state index is -0.0362. The minimum absolute atomic E-state index is 0.00490. The Hall–Kier alpha value is -1.98. The molecule has 2 amide bonds. The van der Waals surface area contributed by atoms with Crippen molar-refractivity contribution < 1.29 is 9.59 Å². The SMILES string of the molecule is O=C(NC1CCCCCCC1)c1ccc([C@H]2SCC(=O)N2Cc2ccc(Cl)cc2)cc1. The number of thioether (sulfide) groups is 1. The molecule has 31 heavy (non-hydrogen) atoms. The third kappa shape index (κ3) is 5.83. The van der Waals surface area contributed by atoms with Crippen LogP contribution in [0.1, 0.15) is 71.8 Å². The lowest BCUT2D eigenvalue weighted by Gasteiger charge is -2.25. The van der Waals surface area contributed by atoms with Gasteiger partial charge >= 0.3 is 0 Å². The number of amides is 2. The molecule has 0 bridgehead atoms. The van der Waals surface area contributed by atoms with Crippen LogP contribution in [0.2, 0.25) is 5.02 Å². The van der Waals surface area contributed by atoms with Gasteiger partial charge in [0.2, 0.25) is 5.91 Å². The standard InChI is InChI=1S/C25H29ClN2O2S/c26-21-14-8-18(9-15-21)16-28-23(29)17-31-25(28)20-12-10-19(11-13-20)24(30)27-22-6-4-2-1-3-5-7-22/h8-15,22,25H,1-7,16-17H2,(H,27,30)/t25-/m1/s1. The van der Waals surface area contributed by atoms with E-state index in [4.69, 9.17) is 11.6 Å². The maximum Gasteiger partial charge on any atom is 0.251 e. The van der Waals surface area contributed by atoms with Gasteiger partial charge in [-0.1, -0.05) is 68.0 Å².